The van der Waals surface area contributed by atoms with Gasteiger partial charge in [0.1, 0.15) is 5.69 Å². The van der Waals surface area contributed by atoms with Gasteiger partial charge in [0.15, 0.2) is 5.82 Å². The Kier molecular flexibility index (Phi) is 5.23. The van der Waals surface area contributed by atoms with Gasteiger partial charge in [-0.3, -0.25) is 9.78 Å². The first-order valence-corrected chi connectivity index (χ1v) is 9.42. The molecule has 1 N–H and O–H groups in total. The molecule has 3 aromatic rings. The third kappa shape index (κ3) is 3.98. The molecule has 1 aromatic carbocycles. The van der Waals surface area contributed by atoms with E-state index in [0.29, 0.717) is 5.69 Å². The summed E-state index contributed by atoms with van der Waals surface area (Å²) in [5.41, 5.74) is 3.52. The van der Waals surface area contributed by atoms with Crippen LogP contribution in [0.3, 0.4) is 0 Å². The van der Waals surface area contributed by atoms with E-state index in [0.717, 1.165) is 43.0 Å². The lowest BCUT2D eigenvalue weighted by atomic mass is 10.0. The quantitative estimate of drug-likeness (QED) is 0.756. The number of rotatable bonds is 4. The maximum atomic E-state index is 12.2. The smallest absolute Gasteiger partial charge is 0.271 e. The molecule has 1 fully saturated rings. The molecular weight excluding hydrogens is 352 g/mol. The summed E-state index contributed by atoms with van der Waals surface area (Å²) in [6.45, 7) is 3.72. The molecule has 1 aliphatic heterocycles. The highest BCUT2D eigenvalue weighted by Gasteiger charge is 2.22. The molecule has 2 aromatic heterocycles. The maximum absolute atomic E-state index is 12.2. The molecule has 7 heteroatoms. The fraction of sp³-hybridized carbons (Fsp3) is 0.286. The minimum atomic E-state index is -0.172. The van der Waals surface area contributed by atoms with Crippen LogP contribution in [0, 0.1) is 6.92 Å². The van der Waals surface area contributed by atoms with E-state index >= 15 is 0 Å². The van der Waals surface area contributed by atoms with Gasteiger partial charge in [-0.05, 0) is 37.5 Å². The summed E-state index contributed by atoms with van der Waals surface area (Å²) in [4.78, 5) is 22.4. The molecule has 4 rings (SSSR count). The number of benzene rings is 1. The van der Waals surface area contributed by atoms with Gasteiger partial charge >= 0.3 is 0 Å². The number of amides is 1. The number of hydrogen-bond donors (Lipinski definition) is 1. The zero-order chi connectivity index (χ0) is 19.3. The monoisotopic (exact) mass is 374 g/mol. The molecule has 0 bridgehead atoms. The van der Waals surface area contributed by atoms with Crippen molar-refractivity contribution in [1.82, 2.24) is 25.5 Å². The van der Waals surface area contributed by atoms with E-state index < -0.39 is 0 Å². The predicted molar refractivity (Wildman–Crippen MR) is 107 cm³/mol. The van der Waals surface area contributed by atoms with Crippen LogP contribution in [0.2, 0.25) is 0 Å². The Bertz CT molecular complexity index is 937. The van der Waals surface area contributed by atoms with Crippen LogP contribution in [0.4, 0.5) is 5.82 Å². The molecule has 28 heavy (non-hydrogen) atoms. The highest BCUT2D eigenvalue weighted by atomic mass is 16.1. The second-order valence-corrected chi connectivity index (χ2v) is 6.92. The summed E-state index contributed by atoms with van der Waals surface area (Å²) in [6.07, 6.45) is 6.27. The molecule has 0 aliphatic carbocycles. The Balaban J connectivity index is 1.35. The second kappa shape index (κ2) is 8.12. The molecular formula is C21H22N6O. The number of hydrogen-bond acceptors (Lipinski definition) is 6. The van der Waals surface area contributed by atoms with Crippen molar-refractivity contribution in [1.29, 1.82) is 0 Å². The third-order valence-corrected chi connectivity index (χ3v) is 5.02. The summed E-state index contributed by atoms with van der Waals surface area (Å²) < 4.78 is 0. The van der Waals surface area contributed by atoms with Gasteiger partial charge in [-0.1, -0.05) is 24.3 Å². The number of anilines is 1. The summed E-state index contributed by atoms with van der Waals surface area (Å²) in [5.74, 6) is 0.699. The van der Waals surface area contributed by atoms with Gasteiger partial charge in [-0.15, -0.1) is 10.2 Å². The van der Waals surface area contributed by atoms with Gasteiger partial charge in [0, 0.05) is 37.1 Å². The summed E-state index contributed by atoms with van der Waals surface area (Å²) >= 11 is 0. The molecule has 0 unspecified atom stereocenters. The van der Waals surface area contributed by atoms with E-state index in [2.05, 4.69) is 49.4 Å². The standard InChI is InChI=1S/C21H22N6O/c1-15-4-2-3-5-17(15)18-6-7-20(26-25-18)27-12-8-16(9-13-27)24-21(28)19-14-22-10-11-23-19/h2-7,10-11,14,16H,8-9,12-13H2,1H3,(H,24,28). The van der Waals surface area contributed by atoms with Gasteiger partial charge in [0.05, 0.1) is 11.9 Å². The summed E-state index contributed by atoms with van der Waals surface area (Å²) in [6, 6.07) is 12.3. The predicted octanol–water partition coefficient (Wildman–Crippen LogP) is 2.64. The van der Waals surface area contributed by atoms with Crippen LogP contribution in [-0.2, 0) is 0 Å². The SMILES string of the molecule is Cc1ccccc1-c1ccc(N2CCC(NC(=O)c3cnccn3)CC2)nn1. The lowest BCUT2D eigenvalue weighted by Gasteiger charge is -2.32. The van der Waals surface area contributed by atoms with Gasteiger partial charge in [-0.2, -0.15) is 0 Å². The van der Waals surface area contributed by atoms with Gasteiger partial charge in [0.25, 0.3) is 5.91 Å². The van der Waals surface area contributed by atoms with Crippen LogP contribution in [0.25, 0.3) is 11.3 Å². The topological polar surface area (TPSA) is 83.9 Å². The number of nitrogens with one attached hydrogen (secondary N) is 1. The van der Waals surface area contributed by atoms with Gasteiger partial charge in [-0.25, -0.2) is 4.98 Å². The van der Waals surface area contributed by atoms with Crippen molar-refractivity contribution in [2.45, 2.75) is 25.8 Å². The fourth-order valence-electron chi connectivity index (χ4n) is 3.43. The van der Waals surface area contributed by atoms with E-state index in [-0.39, 0.29) is 11.9 Å². The normalized spacial score (nSPS) is 14.7. The lowest BCUT2D eigenvalue weighted by Crippen LogP contribution is -2.45. The van der Waals surface area contributed by atoms with E-state index in [1.54, 1.807) is 6.20 Å². The average Bonchev–Trinajstić information content (AvgIpc) is 2.75. The Morgan fingerprint density at radius 2 is 1.89 bits per heavy atom. The van der Waals surface area contributed by atoms with Crippen molar-refractivity contribution in [3.63, 3.8) is 0 Å². The Hall–Kier alpha value is -3.35. The molecule has 142 valence electrons. The third-order valence-electron chi connectivity index (χ3n) is 5.02. The van der Waals surface area contributed by atoms with E-state index in [9.17, 15) is 4.79 Å². The molecule has 1 amide bonds. The number of nitrogens with zero attached hydrogens (tertiary/aromatic N) is 5. The summed E-state index contributed by atoms with van der Waals surface area (Å²) in [7, 11) is 0. The fourth-order valence-corrected chi connectivity index (χ4v) is 3.43. The number of carbonyl (C=O) groups is 1. The Morgan fingerprint density at radius 1 is 1.07 bits per heavy atom. The molecule has 0 saturated carbocycles. The molecule has 3 heterocycles. The van der Waals surface area contributed by atoms with Gasteiger partial charge in [0.2, 0.25) is 0 Å². The van der Waals surface area contributed by atoms with Crippen LogP contribution in [0.1, 0.15) is 28.9 Å². The van der Waals surface area contributed by atoms with Crippen molar-refractivity contribution in [3.05, 3.63) is 66.2 Å². The second-order valence-electron chi connectivity index (χ2n) is 6.92. The first kappa shape index (κ1) is 18.0. The molecule has 7 nitrogen and oxygen atoms in total. The molecule has 1 aliphatic rings. The van der Waals surface area contributed by atoms with Crippen molar-refractivity contribution in [2.24, 2.45) is 0 Å². The van der Waals surface area contributed by atoms with E-state index in [4.69, 9.17) is 0 Å². The van der Waals surface area contributed by atoms with Crippen LogP contribution in [0.5, 0.6) is 0 Å². The van der Waals surface area contributed by atoms with Crippen LogP contribution in [0.15, 0.2) is 55.0 Å². The van der Waals surface area contributed by atoms with Crippen molar-refractivity contribution >= 4 is 11.7 Å². The lowest BCUT2D eigenvalue weighted by molar-refractivity contribution is 0.0925. The zero-order valence-corrected chi connectivity index (χ0v) is 15.7. The van der Waals surface area contributed by atoms with Crippen LogP contribution in [-0.4, -0.2) is 45.2 Å². The zero-order valence-electron chi connectivity index (χ0n) is 15.7. The van der Waals surface area contributed by atoms with E-state index in [1.165, 1.54) is 18.0 Å². The number of aryl methyl sites for hydroxylation is 1. The highest BCUT2D eigenvalue weighted by molar-refractivity contribution is 5.92. The average molecular weight is 374 g/mol. The minimum Gasteiger partial charge on any atom is -0.355 e. The van der Waals surface area contributed by atoms with Crippen LogP contribution < -0.4 is 10.2 Å². The number of carbonyl (C=O) groups excluding carboxylic acids is 1. The highest BCUT2D eigenvalue weighted by Crippen LogP contribution is 2.23. The maximum Gasteiger partial charge on any atom is 0.271 e. The van der Waals surface area contributed by atoms with E-state index in [1.807, 2.05) is 24.3 Å². The number of piperidine rings is 1. The van der Waals surface area contributed by atoms with Crippen molar-refractivity contribution in [2.75, 3.05) is 18.0 Å². The van der Waals surface area contributed by atoms with Crippen molar-refractivity contribution < 1.29 is 4.79 Å². The molecule has 0 atom stereocenters. The van der Waals surface area contributed by atoms with Gasteiger partial charge < -0.3 is 10.2 Å². The first-order valence-electron chi connectivity index (χ1n) is 9.42. The Morgan fingerprint density at radius 3 is 2.57 bits per heavy atom. The molecule has 1 saturated heterocycles. The van der Waals surface area contributed by atoms with Crippen LogP contribution >= 0.6 is 0 Å². The Labute approximate surface area is 163 Å². The molecule has 0 spiro atoms. The largest absolute Gasteiger partial charge is 0.355 e. The first-order chi connectivity index (χ1) is 13.7. The van der Waals surface area contributed by atoms with Crippen molar-refractivity contribution in [3.8, 4) is 11.3 Å². The number of aromatic nitrogens is 4. The summed E-state index contributed by atoms with van der Waals surface area (Å²) in [5, 5.41) is 11.9. The molecule has 0 radical (unpaired) electrons. The minimum absolute atomic E-state index is 0.130.